The van der Waals surface area contributed by atoms with E-state index in [1.54, 1.807) is 18.2 Å². The van der Waals surface area contributed by atoms with Gasteiger partial charge in [0, 0.05) is 6.54 Å². The minimum absolute atomic E-state index is 0.0264. The molecule has 0 saturated carbocycles. The van der Waals surface area contributed by atoms with Gasteiger partial charge in [0.2, 0.25) is 0 Å². The molecule has 0 spiro atoms. The lowest BCUT2D eigenvalue weighted by Crippen LogP contribution is -2.06. The number of ether oxygens (including phenoxy) is 1. The summed E-state index contributed by atoms with van der Waals surface area (Å²) in [4.78, 5) is 10.8. The first-order valence-corrected chi connectivity index (χ1v) is 8.23. The number of nitro groups is 1. The number of nitrogens with zero attached hydrogens (tertiary/aromatic N) is 1. The normalized spacial score (nSPS) is 10.3. The molecule has 0 aromatic heterocycles. The van der Waals surface area contributed by atoms with Crippen molar-refractivity contribution in [2.45, 2.75) is 26.2 Å². The maximum Gasteiger partial charge on any atom is 0.333 e. The summed E-state index contributed by atoms with van der Waals surface area (Å²) in [6, 6.07) is 5.13. The second-order valence-corrected chi connectivity index (χ2v) is 5.31. The Morgan fingerprint density at radius 2 is 2.15 bits per heavy atom. The SMILES string of the molecule is CCOc1cccc(NCCCCCSC)c1[N+](=O)[O-]. The van der Waals surface area contributed by atoms with Crippen LogP contribution in [0.25, 0.3) is 0 Å². The molecule has 1 aromatic rings. The molecule has 0 aliphatic carbocycles. The van der Waals surface area contributed by atoms with E-state index in [0.717, 1.165) is 19.4 Å². The lowest BCUT2D eigenvalue weighted by Gasteiger charge is -2.10. The molecule has 0 aliphatic rings. The molecule has 20 heavy (non-hydrogen) atoms. The molecule has 1 rings (SSSR count). The van der Waals surface area contributed by atoms with Crippen molar-refractivity contribution in [3.8, 4) is 5.75 Å². The number of thioether (sulfide) groups is 1. The average Bonchev–Trinajstić information content (AvgIpc) is 2.43. The van der Waals surface area contributed by atoms with E-state index < -0.39 is 0 Å². The topological polar surface area (TPSA) is 64.4 Å². The van der Waals surface area contributed by atoms with Gasteiger partial charge in [-0.25, -0.2) is 0 Å². The van der Waals surface area contributed by atoms with Crippen molar-refractivity contribution in [2.24, 2.45) is 0 Å². The summed E-state index contributed by atoms with van der Waals surface area (Å²) in [5, 5.41) is 14.3. The molecular formula is C14H22N2O3S. The summed E-state index contributed by atoms with van der Waals surface area (Å²) in [5.41, 5.74) is 0.560. The second kappa shape index (κ2) is 9.47. The molecule has 0 saturated heterocycles. The van der Waals surface area contributed by atoms with Crippen LogP contribution >= 0.6 is 11.8 Å². The smallest absolute Gasteiger partial charge is 0.333 e. The van der Waals surface area contributed by atoms with Gasteiger partial charge in [-0.05, 0) is 43.9 Å². The van der Waals surface area contributed by atoms with Gasteiger partial charge in [-0.2, -0.15) is 11.8 Å². The number of nitro benzene ring substituents is 1. The van der Waals surface area contributed by atoms with E-state index in [1.165, 1.54) is 12.2 Å². The third kappa shape index (κ3) is 5.28. The van der Waals surface area contributed by atoms with E-state index in [-0.39, 0.29) is 10.6 Å². The summed E-state index contributed by atoms with van der Waals surface area (Å²) in [7, 11) is 0. The van der Waals surface area contributed by atoms with Crippen LogP contribution in [0.4, 0.5) is 11.4 Å². The Hall–Kier alpha value is -1.43. The third-order valence-electron chi connectivity index (χ3n) is 2.82. The van der Waals surface area contributed by atoms with Gasteiger partial charge in [0.05, 0.1) is 11.5 Å². The van der Waals surface area contributed by atoms with Crippen LogP contribution in [-0.2, 0) is 0 Å². The second-order valence-electron chi connectivity index (χ2n) is 4.32. The lowest BCUT2D eigenvalue weighted by molar-refractivity contribution is -0.384. The van der Waals surface area contributed by atoms with Crippen molar-refractivity contribution in [3.05, 3.63) is 28.3 Å². The van der Waals surface area contributed by atoms with Gasteiger partial charge in [-0.1, -0.05) is 12.5 Å². The van der Waals surface area contributed by atoms with Gasteiger partial charge in [-0.15, -0.1) is 0 Å². The average molecular weight is 298 g/mol. The van der Waals surface area contributed by atoms with Crippen molar-refractivity contribution in [3.63, 3.8) is 0 Å². The molecule has 0 aliphatic heterocycles. The van der Waals surface area contributed by atoms with E-state index in [1.807, 2.05) is 18.7 Å². The zero-order chi connectivity index (χ0) is 14.8. The summed E-state index contributed by atoms with van der Waals surface area (Å²) in [6.45, 7) is 2.97. The number of anilines is 1. The fourth-order valence-corrected chi connectivity index (χ4v) is 2.39. The molecule has 0 radical (unpaired) electrons. The van der Waals surface area contributed by atoms with Crippen molar-refractivity contribution >= 4 is 23.1 Å². The van der Waals surface area contributed by atoms with Crippen LogP contribution in [0.5, 0.6) is 5.75 Å². The van der Waals surface area contributed by atoms with Crippen LogP contribution in [0.15, 0.2) is 18.2 Å². The highest BCUT2D eigenvalue weighted by atomic mass is 32.2. The fourth-order valence-electron chi connectivity index (χ4n) is 1.90. The molecule has 0 unspecified atom stereocenters. The molecule has 0 amide bonds. The van der Waals surface area contributed by atoms with Crippen LogP contribution < -0.4 is 10.1 Å². The molecule has 112 valence electrons. The van der Waals surface area contributed by atoms with Gasteiger partial charge in [0.25, 0.3) is 0 Å². The summed E-state index contributed by atoms with van der Waals surface area (Å²) in [5.74, 6) is 1.49. The zero-order valence-electron chi connectivity index (χ0n) is 12.1. The Morgan fingerprint density at radius 1 is 1.35 bits per heavy atom. The van der Waals surface area contributed by atoms with Crippen LogP contribution in [0.2, 0.25) is 0 Å². The van der Waals surface area contributed by atoms with Gasteiger partial charge in [0.1, 0.15) is 5.69 Å². The summed E-state index contributed by atoms with van der Waals surface area (Å²) >= 11 is 1.84. The van der Waals surface area contributed by atoms with Crippen LogP contribution in [0.1, 0.15) is 26.2 Å². The van der Waals surface area contributed by atoms with Crippen LogP contribution in [0, 0.1) is 10.1 Å². The molecule has 1 aromatic carbocycles. The fraction of sp³-hybridized carbons (Fsp3) is 0.571. The van der Waals surface area contributed by atoms with Crippen molar-refractivity contribution in [1.29, 1.82) is 0 Å². The van der Waals surface area contributed by atoms with Crippen molar-refractivity contribution in [2.75, 3.05) is 30.5 Å². The molecule has 0 bridgehead atoms. The molecule has 0 atom stereocenters. The quantitative estimate of drug-likeness (QED) is 0.402. The van der Waals surface area contributed by atoms with E-state index in [2.05, 4.69) is 11.6 Å². The van der Waals surface area contributed by atoms with Crippen LogP contribution in [-0.4, -0.2) is 30.1 Å². The molecule has 1 N–H and O–H groups in total. The van der Waals surface area contributed by atoms with Gasteiger partial charge >= 0.3 is 5.69 Å². The number of para-hydroxylation sites is 1. The number of nitrogens with one attached hydrogen (secondary N) is 1. The van der Waals surface area contributed by atoms with Crippen molar-refractivity contribution in [1.82, 2.24) is 0 Å². The first-order chi connectivity index (χ1) is 9.70. The molecular weight excluding hydrogens is 276 g/mol. The Balaban J connectivity index is 2.60. The first-order valence-electron chi connectivity index (χ1n) is 6.83. The predicted octanol–water partition coefficient (Wildman–Crippen LogP) is 3.94. The molecule has 0 heterocycles. The van der Waals surface area contributed by atoms with E-state index in [0.29, 0.717) is 18.0 Å². The number of unbranched alkanes of at least 4 members (excludes halogenated alkanes) is 2. The first kappa shape index (κ1) is 16.6. The highest BCUT2D eigenvalue weighted by Crippen LogP contribution is 2.34. The third-order valence-corrected chi connectivity index (χ3v) is 3.52. The lowest BCUT2D eigenvalue weighted by atomic mass is 10.2. The monoisotopic (exact) mass is 298 g/mol. The standard InChI is InChI=1S/C14H22N2O3S/c1-3-19-13-9-7-8-12(14(13)16(17)18)15-10-5-4-6-11-20-2/h7-9,15H,3-6,10-11H2,1-2H3. The maximum absolute atomic E-state index is 11.2. The van der Waals surface area contributed by atoms with E-state index >= 15 is 0 Å². The Labute approximate surface area is 124 Å². The van der Waals surface area contributed by atoms with Gasteiger partial charge in [-0.3, -0.25) is 10.1 Å². The van der Waals surface area contributed by atoms with Gasteiger partial charge < -0.3 is 10.1 Å². The number of hydrogen-bond donors (Lipinski definition) is 1. The van der Waals surface area contributed by atoms with Crippen LogP contribution in [0.3, 0.4) is 0 Å². The Morgan fingerprint density at radius 3 is 2.80 bits per heavy atom. The van der Waals surface area contributed by atoms with E-state index in [9.17, 15) is 10.1 Å². The number of rotatable bonds is 10. The largest absolute Gasteiger partial charge is 0.487 e. The minimum Gasteiger partial charge on any atom is -0.487 e. The Bertz CT molecular complexity index is 427. The molecule has 5 nitrogen and oxygen atoms in total. The minimum atomic E-state index is -0.388. The summed E-state index contributed by atoms with van der Waals surface area (Å²) < 4.78 is 5.31. The van der Waals surface area contributed by atoms with Crippen molar-refractivity contribution < 1.29 is 9.66 Å². The molecule has 0 fully saturated rings. The molecule has 6 heteroatoms. The Kier molecular flexibility index (Phi) is 7.87. The maximum atomic E-state index is 11.2. The zero-order valence-corrected chi connectivity index (χ0v) is 12.9. The number of hydrogen-bond acceptors (Lipinski definition) is 5. The van der Waals surface area contributed by atoms with E-state index in [4.69, 9.17) is 4.74 Å². The summed E-state index contributed by atoms with van der Waals surface area (Å²) in [6.07, 6.45) is 5.42. The predicted molar refractivity (Wildman–Crippen MR) is 85.0 cm³/mol. The highest BCUT2D eigenvalue weighted by molar-refractivity contribution is 7.98. The van der Waals surface area contributed by atoms with Gasteiger partial charge in [0.15, 0.2) is 5.75 Å². The highest BCUT2D eigenvalue weighted by Gasteiger charge is 2.20. The number of benzene rings is 1.